The van der Waals surface area contributed by atoms with Crippen molar-refractivity contribution in [3.63, 3.8) is 0 Å². The molecule has 0 aliphatic rings. The Morgan fingerprint density at radius 3 is 2.61 bits per heavy atom. The number of carbonyl (C=O) groups is 1. The number of nitrogens with one attached hydrogen (secondary N) is 1. The molecule has 0 fully saturated rings. The van der Waals surface area contributed by atoms with Crippen LogP contribution >= 0.6 is 0 Å². The minimum Gasteiger partial charge on any atom is -0.478 e. The second-order valence-electron chi connectivity index (χ2n) is 3.94. The van der Waals surface area contributed by atoms with Gasteiger partial charge in [-0.2, -0.15) is 0 Å². The molecule has 0 saturated heterocycles. The summed E-state index contributed by atoms with van der Waals surface area (Å²) in [6.45, 7) is 1.31. The van der Waals surface area contributed by atoms with Gasteiger partial charge < -0.3 is 15.3 Å². The lowest BCUT2D eigenvalue weighted by Gasteiger charge is -2.20. The molecular weight excluding hydrogens is 242 g/mol. The summed E-state index contributed by atoms with van der Waals surface area (Å²) in [6, 6.07) is 2.35. The van der Waals surface area contributed by atoms with Crippen LogP contribution in [0.15, 0.2) is 12.1 Å². The van der Waals surface area contributed by atoms with Crippen LogP contribution in [0.1, 0.15) is 16.8 Å². The highest BCUT2D eigenvalue weighted by Gasteiger charge is 2.19. The Morgan fingerprint density at radius 2 is 2.06 bits per heavy atom. The fourth-order valence-electron chi connectivity index (χ4n) is 1.61. The number of hydrogen-bond donors (Lipinski definition) is 2. The predicted octanol–water partition coefficient (Wildman–Crippen LogP) is 1.71. The van der Waals surface area contributed by atoms with E-state index in [0.29, 0.717) is 6.54 Å². The predicted molar refractivity (Wildman–Crippen MR) is 65.1 cm³/mol. The van der Waals surface area contributed by atoms with Gasteiger partial charge in [-0.3, -0.25) is 0 Å². The van der Waals surface area contributed by atoms with Crippen LogP contribution in [0.5, 0.6) is 0 Å². The third-order valence-corrected chi connectivity index (χ3v) is 2.62. The molecule has 0 aliphatic heterocycles. The van der Waals surface area contributed by atoms with Gasteiger partial charge in [-0.15, -0.1) is 0 Å². The van der Waals surface area contributed by atoms with Gasteiger partial charge in [0.15, 0.2) is 11.6 Å². The maximum absolute atomic E-state index is 13.7. The summed E-state index contributed by atoms with van der Waals surface area (Å²) in [7, 11) is 3.44. The van der Waals surface area contributed by atoms with E-state index in [1.807, 2.05) is 7.05 Å². The van der Waals surface area contributed by atoms with Crippen molar-refractivity contribution in [2.24, 2.45) is 0 Å². The second-order valence-corrected chi connectivity index (χ2v) is 3.94. The van der Waals surface area contributed by atoms with Gasteiger partial charge in [0.05, 0.1) is 11.3 Å². The van der Waals surface area contributed by atoms with Crippen LogP contribution in [0.25, 0.3) is 0 Å². The lowest BCUT2D eigenvalue weighted by molar-refractivity contribution is 0.0690. The average Bonchev–Trinajstić information content (AvgIpc) is 2.32. The van der Waals surface area contributed by atoms with Crippen molar-refractivity contribution in [3.8, 4) is 0 Å². The number of carboxylic acid groups (broad SMARTS) is 1. The summed E-state index contributed by atoms with van der Waals surface area (Å²) < 4.78 is 27.2. The van der Waals surface area contributed by atoms with Gasteiger partial charge in [-0.05, 0) is 32.1 Å². The topological polar surface area (TPSA) is 52.6 Å². The number of halogens is 2. The molecule has 0 aliphatic carbocycles. The molecule has 0 spiro atoms. The minimum absolute atomic E-state index is 0.0635. The van der Waals surface area contributed by atoms with Crippen molar-refractivity contribution in [1.82, 2.24) is 5.32 Å². The third kappa shape index (κ3) is 3.16. The molecule has 1 aromatic rings. The van der Waals surface area contributed by atoms with Crippen molar-refractivity contribution in [2.45, 2.75) is 6.42 Å². The minimum atomic E-state index is -1.48. The number of carboxylic acids is 1. The quantitative estimate of drug-likeness (QED) is 0.763. The number of anilines is 1. The molecule has 0 bridgehead atoms. The molecule has 0 atom stereocenters. The molecule has 1 rings (SSSR count). The first-order valence-electron chi connectivity index (χ1n) is 5.56. The van der Waals surface area contributed by atoms with Crippen molar-refractivity contribution < 1.29 is 18.7 Å². The Balaban J connectivity index is 2.90. The molecule has 0 amide bonds. The molecule has 4 nitrogen and oxygen atoms in total. The summed E-state index contributed by atoms with van der Waals surface area (Å²) in [5.41, 5.74) is -0.589. The Kier molecular flexibility index (Phi) is 5.03. The molecule has 100 valence electrons. The smallest absolute Gasteiger partial charge is 0.338 e. The summed E-state index contributed by atoms with van der Waals surface area (Å²) in [5.74, 6) is -3.92. The Morgan fingerprint density at radius 1 is 1.39 bits per heavy atom. The molecular formula is C12H16F2N2O2. The van der Waals surface area contributed by atoms with Crippen LogP contribution in [-0.2, 0) is 0 Å². The highest BCUT2D eigenvalue weighted by Crippen LogP contribution is 2.23. The van der Waals surface area contributed by atoms with Crippen LogP contribution in [0, 0.1) is 11.6 Å². The molecule has 6 heteroatoms. The molecule has 1 aromatic carbocycles. The SMILES string of the molecule is CNCCCN(C)c1ccc(C(=O)O)c(F)c1F. The highest BCUT2D eigenvalue weighted by molar-refractivity contribution is 5.88. The number of rotatable bonds is 6. The highest BCUT2D eigenvalue weighted by atomic mass is 19.2. The van der Waals surface area contributed by atoms with Crippen LogP contribution in [0.2, 0.25) is 0 Å². The van der Waals surface area contributed by atoms with Crippen LogP contribution in [0.3, 0.4) is 0 Å². The third-order valence-electron chi connectivity index (χ3n) is 2.62. The van der Waals surface area contributed by atoms with E-state index in [1.165, 1.54) is 6.07 Å². The molecule has 0 radical (unpaired) electrons. The summed E-state index contributed by atoms with van der Waals surface area (Å²) in [6.07, 6.45) is 0.773. The first-order chi connectivity index (χ1) is 8.49. The second kappa shape index (κ2) is 6.30. The van der Waals surface area contributed by atoms with E-state index in [9.17, 15) is 13.6 Å². The molecule has 18 heavy (non-hydrogen) atoms. The Hall–Kier alpha value is -1.69. The maximum Gasteiger partial charge on any atom is 0.338 e. The first kappa shape index (κ1) is 14.4. The molecule has 0 saturated carbocycles. The van der Waals surface area contributed by atoms with Gasteiger partial charge in [0.1, 0.15) is 0 Å². The normalized spacial score (nSPS) is 10.4. The number of aromatic carboxylic acids is 1. The van der Waals surface area contributed by atoms with E-state index >= 15 is 0 Å². The average molecular weight is 258 g/mol. The van der Waals surface area contributed by atoms with E-state index in [2.05, 4.69) is 5.32 Å². The van der Waals surface area contributed by atoms with Crippen LogP contribution in [0.4, 0.5) is 14.5 Å². The molecule has 0 heterocycles. The largest absolute Gasteiger partial charge is 0.478 e. The van der Waals surface area contributed by atoms with Crippen LogP contribution in [-0.4, -0.2) is 38.3 Å². The molecule has 0 unspecified atom stereocenters. The summed E-state index contributed by atoms with van der Waals surface area (Å²) in [5, 5.41) is 11.6. The van der Waals surface area contributed by atoms with Crippen LogP contribution < -0.4 is 10.2 Å². The van der Waals surface area contributed by atoms with Crippen molar-refractivity contribution in [1.29, 1.82) is 0 Å². The number of nitrogens with zero attached hydrogens (tertiary/aromatic N) is 1. The van der Waals surface area contributed by atoms with Gasteiger partial charge in [-0.1, -0.05) is 0 Å². The maximum atomic E-state index is 13.7. The summed E-state index contributed by atoms with van der Waals surface area (Å²) in [4.78, 5) is 12.2. The lowest BCUT2D eigenvalue weighted by atomic mass is 10.1. The first-order valence-corrected chi connectivity index (χ1v) is 5.56. The Bertz CT molecular complexity index is 438. The standard InChI is InChI=1S/C12H16F2N2O2/c1-15-6-3-7-16(2)9-5-4-8(12(17)18)10(13)11(9)14/h4-5,15H,3,6-7H2,1-2H3,(H,17,18). The van der Waals surface area contributed by atoms with Gasteiger partial charge in [0.25, 0.3) is 0 Å². The fourth-order valence-corrected chi connectivity index (χ4v) is 1.61. The van der Waals surface area contributed by atoms with Crippen molar-refractivity contribution >= 4 is 11.7 Å². The number of benzene rings is 1. The molecule has 0 aromatic heterocycles. The van der Waals surface area contributed by atoms with E-state index < -0.39 is 23.2 Å². The zero-order valence-electron chi connectivity index (χ0n) is 10.3. The number of hydrogen-bond acceptors (Lipinski definition) is 3. The molecule has 2 N–H and O–H groups in total. The lowest BCUT2D eigenvalue weighted by Crippen LogP contribution is -2.23. The van der Waals surface area contributed by atoms with Gasteiger partial charge in [0.2, 0.25) is 0 Å². The van der Waals surface area contributed by atoms with Gasteiger partial charge in [0, 0.05) is 13.6 Å². The van der Waals surface area contributed by atoms with E-state index in [4.69, 9.17) is 5.11 Å². The van der Waals surface area contributed by atoms with E-state index in [0.717, 1.165) is 19.0 Å². The zero-order chi connectivity index (χ0) is 13.7. The monoisotopic (exact) mass is 258 g/mol. The van der Waals surface area contributed by atoms with Crippen molar-refractivity contribution in [3.05, 3.63) is 29.3 Å². The van der Waals surface area contributed by atoms with Gasteiger partial charge >= 0.3 is 5.97 Å². The van der Waals surface area contributed by atoms with E-state index in [-0.39, 0.29) is 5.69 Å². The zero-order valence-corrected chi connectivity index (χ0v) is 10.3. The van der Waals surface area contributed by atoms with Gasteiger partial charge in [-0.25, -0.2) is 13.6 Å². The van der Waals surface area contributed by atoms with E-state index in [1.54, 1.807) is 11.9 Å². The summed E-state index contributed by atoms with van der Waals surface area (Å²) >= 11 is 0. The van der Waals surface area contributed by atoms with Crippen molar-refractivity contribution in [2.75, 3.05) is 32.1 Å². The Labute approximate surface area is 104 Å². The fraction of sp³-hybridized carbons (Fsp3) is 0.417.